The summed E-state index contributed by atoms with van der Waals surface area (Å²) < 4.78 is 0. The van der Waals surface area contributed by atoms with E-state index >= 15 is 0 Å². The fourth-order valence-corrected chi connectivity index (χ4v) is 2.76. The number of carbonyl (C=O) groups is 1. The molecule has 0 bridgehead atoms. The summed E-state index contributed by atoms with van der Waals surface area (Å²) in [6.07, 6.45) is 3.96. The van der Waals surface area contributed by atoms with Crippen molar-refractivity contribution in [3.63, 3.8) is 0 Å². The van der Waals surface area contributed by atoms with Gasteiger partial charge in [-0.1, -0.05) is 41.7 Å². The minimum atomic E-state index is -1.28. The molecule has 0 spiro atoms. The standard InChI is InChI=1S/C13H14Cl3N3O2/c1-6-2-4-7(5-3-6)18-19-10-8(14)11(13(20)21)17-12(16)9(10)15/h6H,2-5H2,1H3,(H,17,19)(H,20,21). The van der Waals surface area contributed by atoms with Gasteiger partial charge in [0.1, 0.15) is 10.0 Å². The molecule has 2 rings (SSSR count). The maximum absolute atomic E-state index is 11.1. The summed E-state index contributed by atoms with van der Waals surface area (Å²) in [5, 5.41) is 13.1. The molecule has 0 radical (unpaired) electrons. The molecule has 21 heavy (non-hydrogen) atoms. The van der Waals surface area contributed by atoms with Gasteiger partial charge < -0.3 is 5.11 Å². The number of hydrogen-bond donors (Lipinski definition) is 2. The lowest BCUT2D eigenvalue weighted by atomic mass is 9.90. The van der Waals surface area contributed by atoms with E-state index < -0.39 is 5.97 Å². The van der Waals surface area contributed by atoms with Crippen molar-refractivity contribution in [2.75, 3.05) is 5.43 Å². The highest BCUT2D eigenvalue weighted by atomic mass is 35.5. The molecule has 1 fully saturated rings. The Bertz CT molecular complexity index is 595. The van der Waals surface area contributed by atoms with E-state index in [0.29, 0.717) is 5.92 Å². The van der Waals surface area contributed by atoms with Gasteiger partial charge in [-0.25, -0.2) is 9.78 Å². The van der Waals surface area contributed by atoms with Gasteiger partial charge in [-0.15, -0.1) is 0 Å². The summed E-state index contributed by atoms with van der Waals surface area (Å²) in [6.45, 7) is 2.21. The zero-order chi connectivity index (χ0) is 15.6. The van der Waals surface area contributed by atoms with Crippen molar-refractivity contribution in [1.29, 1.82) is 0 Å². The van der Waals surface area contributed by atoms with Gasteiger partial charge in [0.25, 0.3) is 0 Å². The van der Waals surface area contributed by atoms with E-state index in [1.807, 2.05) is 0 Å². The minimum absolute atomic E-state index is 0.0557. The molecule has 1 aromatic heterocycles. The van der Waals surface area contributed by atoms with Crippen LogP contribution in [0.15, 0.2) is 5.10 Å². The molecule has 5 nitrogen and oxygen atoms in total. The molecule has 1 aromatic rings. The molecule has 0 aliphatic heterocycles. The second kappa shape index (κ2) is 6.81. The Morgan fingerprint density at radius 3 is 2.48 bits per heavy atom. The lowest BCUT2D eigenvalue weighted by molar-refractivity contribution is 0.0691. The molecule has 1 aliphatic carbocycles. The van der Waals surface area contributed by atoms with Crippen molar-refractivity contribution < 1.29 is 9.90 Å². The molecular formula is C13H14Cl3N3O2. The third kappa shape index (κ3) is 3.78. The fourth-order valence-electron chi connectivity index (χ4n) is 2.10. The van der Waals surface area contributed by atoms with Crippen molar-refractivity contribution in [2.45, 2.75) is 32.6 Å². The first kappa shape index (κ1) is 16.3. The van der Waals surface area contributed by atoms with Crippen LogP contribution < -0.4 is 5.43 Å². The number of aromatic carboxylic acids is 1. The van der Waals surface area contributed by atoms with Gasteiger partial charge in [-0.2, -0.15) is 5.10 Å². The number of pyridine rings is 1. The monoisotopic (exact) mass is 349 g/mol. The highest BCUT2D eigenvalue weighted by molar-refractivity contribution is 6.46. The molecular weight excluding hydrogens is 337 g/mol. The normalized spacial score (nSPS) is 18.5. The maximum Gasteiger partial charge on any atom is 0.356 e. The Labute approximate surface area is 137 Å². The van der Waals surface area contributed by atoms with Crippen LogP contribution in [0.4, 0.5) is 5.69 Å². The van der Waals surface area contributed by atoms with Crippen LogP contribution in [0.3, 0.4) is 0 Å². The van der Waals surface area contributed by atoms with Crippen molar-refractivity contribution in [2.24, 2.45) is 11.0 Å². The Balaban J connectivity index is 2.27. The Morgan fingerprint density at radius 1 is 1.29 bits per heavy atom. The Kier molecular flexibility index (Phi) is 5.30. The molecule has 0 aromatic carbocycles. The van der Waals surface area contributed by atoms with Crippen LogP contribution in [0.1, 0.15) is 43.1 Å². The molecule has 0 amide bonds. The molecule has 2 N–H and O–H groups in total. The quantitative estimate of drug-likeness (QED) is 0.611. The summed E-state index contributed by atoms with van der Waals surface area (Å²) in [5.41, 5.74) is 3.56. The van der Waals surface area contributed by atoms with Crippen molar-refractivity contribution in [1.82, 2.24) is 4.98 Å². The predicted molar refractivity (Wildman–Crippen MR) is 84.9 cm³/mol. The first-order chi connectivity index (χ1) is 9.90. The number of nitrogens with zero attached hydrogens (tertiary/aromatic N) is 2. The van der Waals surface area contributed by atoms with Crippen molar-refractivity contribution in [3.8, 4) is 0 Å². The van der Waals surface area contributed by atoms with Gasteiger partial charge in [0.05, 0.1) is 5.69 Å². The minimum Gasteiger partial charge on any atom is -0.476 e. The number of halogens is 3. The fraction of sp³-hybridized carbons (Fsp3) is 0.462. The number of hydrazone groups is 1. The summed E-state index contributed by atoms with van der Waals surface area (Å²) in [5.74, 6) is -0.578. The smallest absolute Gasteiger partial charge is 0.356 e. The number of rotatable bonds is 3. The third-order valence-corrected chi connectivity index (χ3v) is 4.52. The van der Waals surface area contributed by atoms with Gasteiger partial charge in [0, 0.05) is 5.71 Å². The van der Waals surface area contributed by atoms with E-state index in [9.17, 15) is 4.79 Å². The summed E-state index contributed by atoms with van der Waals surface area (Å²) in [7, 11) is 0. The van der Waals surface area contributed by atoms with Gasteiger partial charge in [-0.3, -0.25) is 5.43 Å². The lowest BCUT2D eigenvalue weighted by Gasteiger charge is -2.19. The maximum atomic E-state index is 11.1. The highest BCUT2D eigenvalue weighted by Crippen LogP contribution is 2.37. The second-order valence-electron chi connectivity index (χ2n) is 5.03. The summed E-state index contributed by atoms with van der Waals surface area (Å²) in [4.78, 5) is 14.7. The van der Waals surface area contributed by atoms with Crippen LogP contribution in [0, 0.1) is 5.92 Å². The van der Waals surface area contributed by atoms with Crippen LogP contribution in [-0.2, 0) is 0 Å². The van der Waals surface area contributed by atoms with Crippen LogP contribution in [-0.4, -0.2) is 21.8 Å². The molecule has 0 atom stereocenters. The number of aromatic nitrogens is 1. The predicted octanol–water partition coefficient (Wildman–Crippen LogP) is 4.72. The van der Waals surface area contributed by atoms with Crippen molar-refractivity contribution in [3.05, 3.63) is 20.9 Å². The third-order valence-electron chi connectivity index (χ3n) is 3.42. The van der Waals surface area contributed by atoms with Crippen LogP contribution in [0.2, 0.25) is 15.2 Å². The largest absolute Gasteiger partial charge is 0.476 e. The van der Waals surface area contributed by atoms with E-state index in [1.165, 1.54) is 0 Å². The molecule has 1 saturated carbocycles. The van der Waals surface area contributed by atoms with Crippen molar-refractivity contribution >= 4 is 52.2 Å². The van der Waals surface area contributed by atoms with Gasteiger partial charge in [0.2, 0.25) is 0 Å². The van der Waals surface area contributed by atoms with Gasteiger partial charge in [0.15, 0.2) is 10.8 Å². The number of carboxylic acids is 1. The van der Waals surface area contributed by atoms with Gasteiger partial charge in [-0.05, 0) is 31.6 Å². The molecule has 114 valence electrons. The number of anilines is 1. The summed E-state index contributed by atoms with van der Waals surface area (Å²) >= 11 is 17.8. The van der Waals surface area contributed by atoms with Crippen LogP contribution in [0.5, 0.6) is 0 Å². The average molecular weight is 351 g/mol. The second-order valence-corrected chi connectivity index (χ2v) is 6.15. The van der Waals surface area contributed by atoms with E-state index in [1.54, 1.807) is 0 Å². The van der Waals surface area contributed by atoms with Crippen LogP contribution >= 0.6 is 34.8 Å². The van der Waals surface area contributed by atoms with E-state index in [-0.39, 0.29) is 26.6 Å². The molecule has 1 heterocycles. The zero-order valence-corrected chi connectivity index (χ0v) is 13.6. The SMILES string of the molecule is CC1CCC(=NNc2c(Cl)c(Cl)nc(C(=O)O)c2Cl)CC1. The Morgan fingerprint density at radius 2 is 1.90 bits per heavy atom. The van der Waals surface area contributed by atoms with E-state index in [0.717, 1.165) is 31.4 Å². The first-order valence-electron chi connectivity index (χ1n) is 6.49. The molecule has 8 heteroatoms. The number of nitrogens with one attached hydrogen (secondary N) is 1. The molecule has 0 unspecified atom stereocenters. The van der Waals surface area contributed by atoms with Gasteiger partial charge >= 0.3 is 5.97 Å². The van der Waals surface area contributed by atoms with E-state index in [4.69, 9.17) is 39.9 Å². The lowest BCUT2D eigenvalue weighted by Crippen LogP contribution is -2.13. The number of carboxylic acid groups (broad SMARTS) is 1. The number of hydrogen-bond acceptors (Lipinski definition) is 4. The molecule has 0 saturated heterocycles. The average Bonchev–Trinajstić information content (AvgIpc) is 2.44. The highest BCUT2D eigenvalue weighted by Gasteiger charge is 2.21. The first-order valence-corrected chi connectivity index (χ1v) is 7.62. The van der Waals surface area contributed by atoms with E-state index in [2.05, 4.69) is 22.4 Å². The zero-order valence-electron chi connectivity index (χ0n) is 11.3. The van der Waals surface area contributed by atoms with Crippen LogP contribution in [0.25, 0.3) is 0 Å². The summed E-state index contributed by atoms with van der Waals surface area (Å²) in [6, 6.07) is 0. The Hall–Kier alpha value is -1.04. The topological polar surface area (TPSA) is 74.6 Å². The molecule has 1 aliphatic rings.